The molecule has 0 saturated carbocycles. The minimum Gasteiger partial charge on any atom is -0.481 e. The van der Waals surface area contributed by atoms with Crippen LogP contribution >= 0.6 is 11.8 Å². The molecule has 1 rings (SSSR count). The maximum absolute atomic E-state index is 11.8. The molecular formula is C14H19NO5S. The summed E-state index contributed by atoms with van der Waals surface area (Å²) < 4.78 is 10.3. The molecular weight excluding hydrogens is 294 g/mol. The number of hydrogen-bond acceptors (Lipinski definition) is 5. The number of nitrogens with one attached hydrogen (secondary N) is 1. The molecule has 0 aromatic heterocycles. The highest BCUT2D eigenvalue weighted by molar-refractivity contribution is 7.98. The van der Waals surface area contributed by atoms with Crippen LogP contribution in [0.15, 0.2) is 29.2 Å². The molecule has 1 atom stereocenters. The Bertz CT molecular complexity index is 463. The molecule has 0 aliphatic heterocycles. The Balaban J connectivity index is 2.28. The third-order valence-corrected chi connectivity index (χ3v) is 3.26. The van der Waals surface area contributed by atoms with Crippen LogP contribution in [0.4, 0.5) is 0 Å². The van der Waals surface area contributed by atoms with Crippen molar-refractivity contribution in [2.45, 2.75) is 17.9 Å². The van der Waals surface area contributed by atoms with Gasteiger partial charge in [0.1, 0.15) is 12.4 Å². The quantitative estimate of drug-likeness (QED) is 0.529. The highest BCUT2D eigenvalue weighted by Gasteiger charge is 2.13. The lowest BCUT2D eigenvalue weighted by Crippen LogP contribution is -2.38. The van der Waals surface area contributed by atoms with Crippen molar-refractivity contribution in [3.8, 4) is 5.75 Å². The summed E-state index contributed by atoms with van der Waals surface area (Å²) in [6.45, 7) is 1.66. The van der Waals surface area contributed by atoms with Gasteiger partial charge in [-0.1, -0.05) is 0 Å². The van der Waals surface area contributed by atoms with Crippen molar-refractivity contribution in [2.24, 2.45) is 0 Å². The van der Waals surface area contributed by atoms with Crippen molar-refractivity contribution in [3.05, 3.63) is 24.3 Å². The van der Waals surface area contributed by atoms with Crippen LogP contribution in [0.2, 0.25) is 0 Å². The summed E-state index contributed by atoms with van der Waals surface area (Å²) in [7, 11) is 0. The van der Waals surface area contributed by atoms with Crippen molar-refractivity contribution < 1.29 is 24.2 Å². The van der Waals surface area contributed by atoms with E-state index in [1.165, 1.54) is 0 Å². The lowest BCUT2D eigenvalue weighted by Gasteiger charge is -2.14. The first-order valence-corrected chi connectivity index (χ1v) is 7.63. The smallest absolute Gasteiger partial charge is 0.329 e. The van der Waals surface area contributed by atoms with Gasteiger partial charge >= 0.3 is 5.97 Å². The maximum Gasteiger partial charge on any atom is 0.329 e. The molecule has 1 aromatic rings. The van der Waals surface area contributed by atoms with Gasteiger partial charge in [-0.05, 0) is 37.4 Å². The zero-order chi connectivity index (χ0) is 15.7. The fourth-order valence-corrected chi connectivity index (χ4v) is 1.87. The predicted molar refractivity (Wildman–Crippen MR) is 79.8 cm³/mol. The van der Waals surface area contributed by atoms with Gasteiger partial charge in [0.15, 0.2) is 6.10 Å². The number of carboxylic acids is 1. The lowest BCUT2D eigenvalue weighted by molar-refractivity contribution is -0.142. The lowest BCUT2D eigenvalue weighted by atomic mass is 10.3. The SMILES string of the molecule is CSc1ccc(OC(C)C(=O)NCCOCC(=O)O)cc1. The van der Waals surface area contributed by atoms with Gasteiger partial charge in [-0.15, -0.1) is 11.8 Å². The van der Waals surface area contributed by atoms with E-state index in [1.54, 1.807) is 18.7 Å². The molecule has 6 nitrogen and oxygen atoms in total. The Kier molecular flexibility index (Phi) is 7.63. The predicted octanol–water partition coefficient (Wildman–Crippen LogP) is 1.39. The molecule has 0 radical (unpaired) electrons. The minimum absolute atomic E-state index is 0.146. The summed E-state index contributed by atoms with van der Waals surface area (Å²) in [5.41, 5.74) is 0. The second-order valence-electron chi connectivity index (χ2n) is 4.17. The zero-order valence-electron chi connectivity index (χ0n) is 12.0. The number of carbonyl (C=O) groups is 2. The van der Waals surface area contributed by atoms with Crippen molar-refractivity contribution in [1.82, 2.24) is 5.32 Å². The van der Waals surface area contributed by atoms with Gasteiger partial charge in [-0.2, -0.15) is 0 Å². The Morgan fingerprint density at radius 2 is 2.00 bits per heavy atom. The largest absolute Gasteiger partial charge is 0.481 e. The first-order valence-electron chi connectivity index (χ1n) is 6.41. The van der Waals surface area contributed by atoms with Gasteiger partial charge in [0, 0.05) is 11.4 Å². The highest BCUT2D eigenvalue weighted by atomic mass is 32.2. The van der Waals surface area contributed by atoms with Crippen LogP contribution in [-0.2, 0) is 14.3 Å². The molecule has 0 aliphatic carbocycles. The summed E-state index contributed by atoms with van der Waals surface area (Å²) in [5, 5.41) is 11.0. The van der Waals surface area contributed by atoms with E-state index in [4.69, 9.17) is 14.6 Å². The molecule has 0 bridgehead atoms. The van der Waals surface area contributed by atoms with Gasteiger partial charge in [0.05, 0.1) is 6.61 Å². The Morgan fingerprint density at radius 1 is 1.33 bits per heavy atom. The third-order valence-electron chi connectivity index (χ3n) is 2.51. The number of benzene rings is 1. The molecule has 116 valence electrons. The fourth-order valence-electron chi connectivity index (χ4n) is 1.46. The number of carbonyl (C=O) groups excluding carboxylic acids is 1. The molecule has 7 heteroatoms. The van der Waals surface area contributed by atoms with E-state index in [0.717, 1.165) is 4.90 Å². The Hall–Kier alpha value is -1.73. The Labute approximate surface area is 127 Å². The third kappa shape index (κ3) is 7.01. The minimum atomic E-state index is -1.04. The normalized spacial score (nSPS) is 11.7. The first-order chi connectivity index (χ1) is 10.0. The number of ether oxygens (including phenoxy) is 2. The second-order valence-corrected chi connectivity index (χ2v) is 5.05. The summed E-state index contributed by atoms with van der Waals surface area (Å²) in [5.74, 6) is -0.688. The van der Waals surface area contributed by atoms with Crippen LogP contribution in [-0.4, -0.2) is 49.1 Å². The summed E-state index contributed by atoms with van der Waals surface area (Å²) >= 11 is 1.63. The second kappa shape index (κ2) is 9.25. The van der Waals surface area contributed by atoms with E-state index in [0.29, 0.717) is 5.75 Å². The average Bonchev–Trinajstić information content (AvgIpc) is 2.47. The maximum atomic E-state index is 11.8. The van der Waals surface area contributed by atoms with E-state index in [9.17, 15) is 9.59 Å². The van der Waals surface area contributed by atoms with Crippen molar-refractivity contribution >= 4 is 23.6 Å². The monoisotopic (exact) mass is 313 g/mol. The fraction of sp³-hybridized carbons (Fsp3) is 0.429. The number of rotatable bonds is 9. The molecule has 1 unspecified atom stereocenters. The number of amides is 1. The van der Waals surface area contributed by atoms with Crippen molar-refractivity contribution in [2.75, 3.05) is 26.0 Å². The van der Waals surface area contributed by atoms with Crippen LogP contribution in [0, 0.1) is 0 Å². The van der Waals surface area contributed by atoms with Crippen molar-refractivity contribution in [1.29, 1.82) is 0 Å². The van der Waals surface area contributed by atoms with Crippen LogP contribution in [0.5, 0.6) is 5.75 Å². The number of carboxylic acid groups (broad SMARTS) is 1. The molecule has 0 spiro atoms. The van der Waals surface area contributed by atoms with Crippen LogP contribution < -0.4 is 10.1 Å². The van der Waals surface area contributed by atoms with E-state index in [-0.39, 0.29) is 25.7 Å². The van der Waals surface area contributed by atoms with Gasteiger partial charge in [-0.3, -0.25) is 4.79 Å². The van der Waals surface area contributed by atoms with E-state index >= 15 is 0 Å². The van der Waals surface area contributed by atoms with Crippen molar-refractivity contribution in [3.63, 3.8) is 0 Å². The number of hydrogen-bond donors (Lipinski definition) is 2. The average molecular weight is 313 g/mol. The van der Waals surface area contributed by atoms with Crippen LogP contribution in [0.1, 0.15) is 6.92 Å². The first kappa shape index (κ1) is 17.3. The topological polar surface area (TPSA) is 84.9 Å². The number of thioether (sulfide) groups is 1. The molecule has 0 heterocycles. The molecule has 1 amide bonds. The molecule has 0 fully saturated rings. The standard InChI is InChI=1S/C14H19NO5S/c1-10(14(18)15-7-8-19-9-13(16)17)20-11-3-5-12(21-2)6-4-11/h3-6,10H,7-9H2,1-2H3,(H,15,18)(H,16,17). The van der Waals surface area contributed by atoms with Crippen LogP contribution in [0.25, 0.3) is 0 Å². The van der Waals surface area contributed by atoms with Gasteiger partial charge in [0.2, 0.25) is 0 Å². The van der Waals surface area contributed by atoms with E-state index in [1.807, 2.05) is 30.5 Å². The molecule has 1 aromatic carbocycles. The number of aliphatic carboxylic acids is 1. The molecule has 0 saturated heterocycles. The van der Waals surface area contributed by atoms with E-state index < -0.39 is 12.1 Å². The summed E-state index contributed by atoms with van der Waals surface area (Å²) in [4.78, 5) is 23.1. The molecule has 21 heavy (non-hydrogen) atoms. The van der Waals surface area contributed by atoms with E-state index in [2.05, 4.69) is 5.32 Å². The van der Waals surface area contributed by atoms with Gasteiger partial charge in [-0.25, -0.2) is 4.79 Å². The van der Waals surface area contributed by atoms with Gasteiger partial charge < -0.3 is 19.9 Å². The van der Waals surface area contributed by atoms with Gasteiger partial charge in [0.25, 0.3) is 5.91 Å². The summed E-state index contributed by atoms with van der Waals surface area (Å²) in [6.07, 6.45) is 1.35. The zero-order valence-corrected chi connectivity index (χ0v) is 12.8. The summed E-state index contributed by atoms with van der Waals surface area (Å²) in [6, 6.07) is 7.46. The molecule has 2 N–H and O–H groups in total. The Morgan fingerprint density at radius 3 is 2.57 bits per heavy atom. The van der Waals surface area contributed by atoms with Crippen LogP contribution in [0.3, 0.4) is 0 Å². The molecule has 0 aliphatic rings. The highest BCUT2D eigenvalue weighted by Crippen LogP contribution is 2.19.